The lowest BCUT2D eigenvalue weighted by Crippen LogP contribution is -2.63. The zero-order chi connectivity index (χ0) is 24.3. The number of nitrogens with one attached hydrogen (secondary N) is 2. The summed E-state index contributed by atoms with van der Waals surface area (Å²) in [7, 11) is 1.63. The minimum Gasteiger partial charge on any atom is -0.494 e. The summed E-state index contributed by atoms with van der Waals surface area (Å²) in [6, 6.07) is 9.13. The van der Waals surface area contributed by atoms with Crippen LogP contribution < -0.4 is 15.4 Å². The van der Waals surface area contributed by atoms with E-state index in [-0.39, 0.29) is 36.6 Å². The summed E-state index contributed by atoms with van der Waals surface area (Å²) >= 11 is 0. The summed E-state index contributed by atoms with van der Waals surface area (Å²) in [4.78, 5) is 40.6. The number of benzene rings is 1. The van der Waals surface area contributed by atoms with E-state index < -0.39 is 11.4 Å². The molecule has 9 heteroatoms. The number of aromatic nitrogens is 2. The van der Waals surface area contributed by atoms with Gasteiger partial charge in [0.15, 0.2) is 5.69 Å². The van der Waals surface area contributed by atoms with Gasteiger partial charge in [-0.3, -0.25) is 19.1 Å². The normalized spacial score (nSPS) is 20.6. The van der Waals surface area contributed by atoms with Crippen LogP contribution in [-0.4, -0.2) is 57.6 Å². The average molecular weight is 468 g/mol. The van der Waals surface area contributed by atoms with Crippen LogP contribution in [0.1, 0.15) is 72.5 Å². The van der Waals surface area contributed by atoms with E-state index in [0.717, 1.165) is 31.2 Å². The molecule has 0 bridgehead atoms. The van der Waals surface area contributed by atoms with E-state index in [1.54, 1.807) is 14.0 Å². The van der Waals surface area contributed by atoms with E-state index in [9.17, 15) is 14.4 Å². The number of rotatable bonds is 7. The van der Waals surface area contributed by atoms with Crippen molar-refractivity contribution in [3.8, 4) is 5.75 Å². The molecule has 2 N–H and O–H groups in total. The van der Waals surface area contributed by atoms with Crippen LogP contribution in [0, 0.1) is 0 Å². The van der Waals surface area contributed by atoms with Crippen molar-refractivity contribution in [3.05, 3.63) is 47.3 Å². The number of hydrogen-bond donors (Lipinski definition) is 2. The molecule has 1 unspecified atom stereocenters. The molecular formula is C25H33N5O4. The van der Waals surface area contributed by atoms with Gasteiger partial charge in [-0.1, -0.05) is 37.5 Å². The number of amides is 3. The first-order valence-corrected chi connectivity index (χ1v) is 12.0. The molecule has 2 heterocycles. The first-order chi connectivity index (χ1) is 16.3. The molecular weight excluding hydrogens is 434 g/mol. The Kier molecular flexibility index (Phi) is 6.90. The van der Waals surface area contributed by atoms with Crippen molar-refractivity contribution >= 4 is 17.7 Å². The fourth-order valence-electron chi connectivity index (χ4n) is 4.64. The molecule has 1 aromatic carbocycles. The summed E-state index contributed by atoms with van der Waals surface area (Å²) < 4.78 is 7.09. The Bertz CT molecular complexity index is 1080. The van der Waals surface area contributed by atoms with Gasteiger partial charge in [0, 0.05) is 31.3 Å². The van der Waals surface area contributed by atoms with Crippen LogP contribution in [0.3, 0.4) is 0 Å². The number of ether oxygens (including phenoxy) is 1. The standard InChI is InChI=1S/C25H33N5O4/c1-4-34-21-13-9-8-10-17(21)15-26-22(31)19-14-20-23(32)29(3)25(2,16-30(20)28-19)24(33)27-18-11-6-5-7-12-18/h8-10,13-14,18H,4-7,11-12,15-16H2,1-3H3,(H,26,31)(H,27,33). The van der Waals surface area contributed by atoms with Gasteiger partial charge in [0.25, 0.3) is 11.8 Å². The SMILES string of the molecule is CCOc1ccccc1CNC(=O)c1cc2n(n1)CC(C)(C(=O)NC1CCCCC1)N(C)C2=O. The van der Waals surface area contributed by atoms with E-state index in [1.807, 2.05) is 31.2 Å². The minimum atomic E-state index is -1.09. The van der Waals surface area contributed by atoms with Crippen LogP contribution in [0.25, 0.3) is 0 Å². The topological polar surface area (TPSA) is 106 Å². The Morgan fingerprint density at radius 3 is 2.68 bits per heavy atom. The lowest BCUT2D eigenvalue weighted by atomic mass is 9.92. The molecule has 9 nitrogen and oxygen atoms in total. The molecule has 182 valence electrons. The van der Waals surface area contributed by atoms with Gasteiger partial charge in [-0.25, -0.2) is 0 Å². The van der Waals surface area contributed by atoms with Gasteiger partial charge >= 0.3 is 0 Å². The van der Waals surface area contributed by atoms with Crippen molar-refractivity contribution in [2.75, 3.05) is 13.7 Å². The van der Waals surface area contributed by atoms with E-state index in [4.69, 9.17) is 4.74 Å². The molecule has 1 atom stereocenters. The van der Waals surface area contributed by atoms with E-state index in [0.29, 0.717) is 18.1 Å². The summed E-state index contributed by atoms with van der Waals surface area (Å²) in [6.07, 6.45) is 5.33. The highest BCUT2D eigenvalue weighted by Gasteiger charge is 2.46. The number of para-hydroxylation sites is 1. The average Bonchev–Trinajstić information content (AvgIpc) is 3.26. The van der Waals surface area contributed by atoms with Gasteiger partial charge in [-0.05, 0) is 32.8 Å². The number of nitrogens with zero attached hydrogens (tertiary/aromatic N) is 3. The lowest BCUT2D eigenvalue weighted by Gasteiger charge is -2.41. The molecule has 2 aliphatic rings. The second-order valence-corrected chi connectivity index (χ2v) is 9.24. The molecule has 1 aliphatic heterocycles. The molecule has 1 aliphatic carbocycles. The molecule has 34 heavy (non-hydrogen) atoms. The monoisotopic (exact) mass is 467 g/mol. The second-order valence-electron chi connectivity index (χ2n) is 9.24. The van der Waals surface area contributed by atoms with Crippen molar-refractivity contribution in [1.29, 1.82) is 0 Å². The van der Waals surface area contributed by atoms with Crippen LogP contribution in [-0.2, 0) is 17.9 Å². The van der Waals surface area contributed by atoms with Crippen molar-refractivity contribution in [3.63, 3.8) is 0 Å². The largest absolute Gasteiger partial charge is 0.494 e. The highest BCUT2D eigenvalue weighted by atomic mass is 16.5. The minimum absolute atomic E-state index is 0.140. The summed E-state index contributed by atoms with van der Waals surface area (Å²) in [5.41, 5.74) is 0.204. The van der Waals surface area contributed by atoms with Gasteiger partial charge in [-0.15, -0.1) is 0 Å². The predicted octanol–water partition coefficient (Wildman–Crippen LogP) is 2.50. The Morgan fingerprint density at radius 1 is 1.21 bits per heavy atom. The van der Waals surface area contributed by atoms with Crippen molar-refractivity contribution in [2.24, 2.45) is 0 Å². The number of likely N-dealkylation sites (N-methyl/N-ethyl adjacent to an activating group) is 1. The highest BCUT2D eigenvalue weighted by molar-refractivity contribution is 6.01. The Labute approximate surface area is 199 Å². The number of hydrogen-bond acceptors (Lipinski definition) is 5. The fourth-order valence-corrected chi connectivity index (χ4v) is 4.64. The summed E-state index contributed by atoms with van der Waals surface area (Å²) in [5, 5.41) is 10.4. The van der Waals surface area contributed by atoms with Gasteiger partial charge in [-0.2, -0.15) is 5.10 Å². The molecule has 2 aromatic rings. The molecule has 4 rings (SSSR count). The predicted molar refractivity (Wildman–Crippen MR) is 127 cm³/mol. The third-order valence-corrected chi connectivity index (χ3v) is 6.88. The van der Waals surface area contributed by atoms with Gasteiger partial charge < -0.3 is 20.3 Å². The number of fused-ring (bicyclic) bond motifs is 1. The molecule has 0 saturated heterocycles. The summed E-state index contributed by atoms with van der Waals surface area (Å²) in [6.45, 7) is 4.64. The molecule has 0 radical (unpaired) electrons. The molecule has 1 aromatic heterocycles. The molecule has 3 amide bonds. The van der Waals surface area contributed by atoms with Crippen LogP contribution in [0.5, 0.6) is 5.75 Å². The molecule has 1 fully saturated rings. The molecule has 1 saturated carbocycles. The van der Waals surface area contributed by atoms with E-state index >= 15 is 0 Å². The second kappa shape index (κ2) is 9.87. The third-order valence-electron chi connectivity index (χ3n) is 6.88. The Hall–Kier alpha value is -3.36. The van der Waals surface area contributed by atoms with Crippen LogP contribution in [0.15, 0.2) is 30.3 Å². The first kappa shape index (κ1) is 23.8. The van der Waals surface area contributed by atoms with Crippen molar-refractivity contribution in [1.82, 2.24) is 25.3 Å². The summed E-state index contributed by atoms with van der Waals surface area (Å²) in [5.74, 6) is -0.196. The zero-order valence-electron chi connectivity index (χ0n) is 20.1. The third kappa shape index (κ3) is 4.64. The first-order valence-electron chi connectivity index (χ1n) is 12.0. The molecule has 0 spiro atoms. The number of carbonyl (C=O) groups is 3. The number of carbonyl (C=O) groups excluding carboxylic acids is 3. The Balaban J connectivity index is 1.47. The van der Waals surface area contributed by atoms with Gasteiger partial charge in [0.2, 0.25) is 5.91 Å². The maximum atomic E-state index is 13.2. The smallest absolute Gasteiger partial charge is 0.272 e. The zero-order valence-corrected chi connectivity index (χ0v) is 20.1. The Morgan fingerprint density at radius 2 is 1.94 bits per heavy atom. The van der Waals surface area contributed by atoms with Crippen LogP contribution >= 0.6 is 0 Å². The van der Waals surface area contributed by atoms with Crippen molar-refractivity contribution in [2.45, 2.75) is 70.6 Å². The van der Waals surface area contributed by atoms with Crippen molar-refractivity contribution < 1.29 is 19.1 Å². The fraction of sp³-hybridized carbons (Fsp3) is 0.520. The van der Waals surface area contributed by atoms with Crippen LogP contribution in [0.4, 0.5) is 0 Å². The maximum Gasteiger partial charge on any atom is 0.272 e. The van der Waals surface area contributed by atoms with Gasteiger partial charge in [0.1, 0.15) is 17.0 Å². The highest BCUT2D eigenvalue weighted by Crippen LogP contribution is 2.27. The lowest BCUT2D eigenvalue weighted by molar-refractivity contribution is -0.133. The maximum absolute atomic E-state index is 13.2. The van der Waals surface area contributed by atoms with E-state index in [2.05, 4.69) is 15.7 Å². The van der Waals surface area contributed by atoms with Gasteiger partial charge in [0.05, 0.1) is 13.2 Å². The van der Waals surface area contributed by atoms with E-state index in [1.165, 1.54) is 22.1 Å². The van der Waals surface area contributed by atoms with Crippen LogP contribution in [0.2, 0.25) is 0 Å². The quantitative estimate of drug-likeness (QED) is 0.651.